The monoisotopic (exact) mass is 566 g/mol. The van der Waals surface area contributed by atoms with E-state index in [9.17, 15) is 14.0 Å². The number of methoxy groups -OCH3 is 1. The third-order valence-electron chi connectivity index (χ3n) is 7.84. The second kappa shape index (κ2) is 12.1. The molecule has 0 bridgehead atoms. The van der Waals surface area contributed by atoms with Crippen molar-refractivity contribution in [1.82, 2.24) is 10.3 Å². The first-order valence-corrected chi connectivity index (χ1v) is 14.1. The number of amides is 1. The molecule has 0 aliphatic heterocycles. The maximum absolute atomic E-state index is 13.7. The summed E-state index contributed by atoms with van der Waals surface area (Å²) in [5.41, 5.74) is 5.57. The number of halogens is 1. The number of carbonyl (C=O) groups excluding carboxylic acids is 2. The second-order valence-electron chi connectivity index (χ2n) is 11.7. The number of esters is 1. The highest BCUT2D eigenvalue weighted by atomic mass is 19.1. The third-order valence-corrected chi connectivity index (χ3v) is 7.84. The molecule has 42 heavy (non-hydrogen) atoms. The Morgan fingerprint density at radius 1 is 1.00 bits per heavy atom. The van der Waals surface area contributed by atoms with Crippen molar-refractivity contribution in [3.8, 4) is 5.75 Å². The molecule has 0 radical (unpaired) electrons. The SMILES string of the molecule is COc1ccc(/C=C2/C[C@H](C(C)(C)C)Cc3c2nc2ccccc2c3C(=O)OCC(=O)NCc2ccc(F)cc2)cc1. The van der Waals surface area contributed by atoms with Gasteiger partial charge >= 0.3 is 5.97 Å². The van der Waals surface area contributed by atoms with E-state index >= 15 is 0 Å². The maximum atomic E-state index is 13.7. The Morgan fingerprint density at radius 2 is 1.71 bits per heavy atom. The molecule has 216 valence electrons. The minimum absolute atomic E-state index is 0.0241. The summed E-state index contributed by atoms with van der Waals surface area (Å²) in [6.07, 6.45) is 3.61. The summed E-state index contributed by atoms with van der Waals surface area (Å²) in [7, 11) is 1.64. The van der Waals surface area contributed by atoms with Gasteiger partial charge in [-0.3, -0.25) is 4.79 Å². The number of carbonyl (C=O) groups is 2. The normalized spacial score (nSPS) is 15.7. The van der Waals surface area contributed by atoms with Crippen LogP contribution >= 0.6 is 0 Å². The lowest BCUT2D eigenvalue weighted by Crippen LogP contribution is -2.30. The molecule has 1 aromatic heterocycles. The quantitative estimate of drug-likeness (QED) is 0.244. The molecule has 1 N–H and O–H groups in total. The van der Waals surface area contributed by atoms with E-state index in [1.807, 2.05) is 48.5 Å². The lowest BCUT2D eigenvalue weighted by molar-refractivity contribution is -0.124. The van der Waals surface area contributed by atoms with E-state index in [-0.39, 0.29) is 23.7 Å². The molecule has 5 rings (SSSR count). The molecule has 0 saturated carbocycles. The van der Waals surface area contributed by atoms with Gasteiger partial charge in [-0.25, -0.2) is 14.2 Å². The first-order chi connectivity index (χ1) is 20.1. The lowest BCUT2D eigenvalue weighted by Gasteiger charge is -2.36. The van der Waals surface area contributed by atoms with E-state index in [4.69, 9.17) is 14.5 Å². The molecular weight excluding hydrogens is 531 g/mol. The van der Waals surface area contributed by atoms with Gasteiger partial charge in [-0.15, -0.1) is 0 Å². The van der Waals surface area contributed by atoms with E-state index in [2.05, 4.69) is 32.2 Å². The molecule has 1 atom stereocenters. The second-order valence-corrected chi connectivity index (χ2v) is 11.7. The van der Waals surface area contributed by atoms with Gasteiger partial charge in [0, 0.05) is 11.9 Å². The predicted molar refractivity (Wildman–Crippen MR) is 162 cm³/mol. The lowest BCUT2D eigenvalue weighted by atomic mass is 9.69. The van der Waals surface area contributed by atoms with Crippen molar-refractivity contribution in [2.75, 3.05) is 13.7 Å². The van der Waals surface area contributed by atoms with E-state index in [1.165, 1.54) is 12.1 Å². The van der Waals surface area contributed by atoms with Crippen molar-refractivity contribution >= 4 is 34.4 Å². The van der Waals surface area contributed by atoms with Gasteiger partial charge in [-0.05, 0) is 82.8 Å². The van der Waals surface area contributed by atoms with Crippen molar-refractivity contribution in [1.29, 1.82) is 0 Å². The number of para-hydroxylation sites is 1. The van der Waals surface area contributed by atoms with Crippen molar-refractivity contribution in [3.05, 3.63) is 107 Å². The molecule has 0 spiro atoms. The van der Waals surface area contributed by atoms with Crippen LogP contribution in [0.4, 0.5) is 4.39 Å². The molecule has 4 aromatic rings. The van der Waals surface area contributed by atoms with Crippen LogP contribution in [0.1, 0.15) is 59.9 Å². The Hall–Kier alpha value is -4.52. The number of nitrogens with zero attached hydrogens (tertiary/aromatic N) is 1. The number of hydrogen-bond donors (Lipinski definition) is 1. The average molecular weight is 567 g/mol. The fraction of sp³-hybridized carbons (Fsp3) is 0.286. The highest BCUT2D eigenvalue weighted by Crippen LogP contribution is 2.45. The van der Waals surface area contributed by atoms with Crippen molar-refractivity contribution in [2.24, 2.45) is 11.3 Å². The number of hydrogen-bond acceptors (Lipinski definition) is 5. The summed E-state index contributed by atoms with van der Waals surface area (Å²) < 4.78 is 24.1. The molecule has 1 amide bonds. The topological polar surface area (TPSA) is 77.5 Å². The van der Waals surface area contributed by atoms with E-state index in [0.29, 0.717) is 22.9 Å². The number of allylic oxidation sites excluding steroid dienone is 1. The molecule has 7 heteroatoms. The number of ether oxygens (including phenoxy) is 2. The van der Waals surface area contributed by atoms with Crippen LogP contribution in [-0.2, 0) is 22.5 Å². The molecule has 0 saturated heterocycles. The van der Waals surface area contributed by atoms with Crippen LogP contribution in [0.3, 0.4) is 0 Å². The van der Waals surface area contributed by atoms with Crippen LogP contribution in [0.5, 0.6) is 5.75 Å². The van der Waals surface area contributed by atoms with Crippen molar-refractivity contribution in [2.45, 2.75) is 40.2 Å². The van der Waals surface area contributed by atoms with Crippen LogP contribution < -0.4 is 10.1 Å². The number of aromatic nitrogens is 1. The molecule has 3 aromatic carbocycles. The molecule has 0 unspecified atom stereocenters. The van der Waals surface area contributed by atoms with Crippen molar-refractivity contribution in [3.63, 3.8) is 0 Å². The fourth-order valence-corrected chi connectivity index (χ4v) is 5.33. The minimum Gasteiger partial charge on any atom is -0.497 e. The van der Waals surface area contributed by atoms with Gasteiger partial charge in [0.2, 0.25) is 0 Å². The van der Waals surface area contributed by atoms with Gasteiger partial charge < -0.3 is 14.8 Å². The molecular formula is C35H35FN2O4. The average Bonchev–Trinajstić information content (AvgIpc) is 2.98. The van der Waals surface area contributed by atoms with Gasteiger partial charge in [0.15, 0.2) is 6.61 Å². The Balaban J connectivity index is 1.48. The predicted octanol–water partition coefficient (Wildman–Crippen LogP) is 7.00. The van der Waals surface area contributed by atoms with Gasteiger partial charge in [0.1, 0.15) is 11.6 Å². The number of rotatable bonds is 7. The van der Waals surface area contributed by atoms with Crippen LogP contribution in [0.15, 0.2) is 72.8 Å². The smallest absolute Gasteiger partial charge is 0.339 e. The minimum atomic E-state index is -0.555. The summed E-state index contributed by atoms with van der Waals surface area (Å²) >= 11 is 0. The first kappa shape index (κ1) is 29.0. The Kier molecular flexibility index (Phi) is 8.39. The number of pyridine rings is 1. The number of benzene rings is 3. The first-order valence-electron chi connectivity index (χ1n) is 14.1. The standard InChI is InChI=1S/C35H35FN2O4/c1-35(2,3)25-18-24(17-22-11-15-27(41-4)16-12-22)33-29(19-25)32(28-7-5-6-8-30(28)38-33)34(40)42-21-31(39)37-20-23-9-13-26(36)14-10-23/h5-17,25H,18-21H2,1-4H3,(H,37,39)/b24-17-/t25-/m0/s1. The van der Waals surface area contributed by atoms with E-state index < -0.39 is 18.5 Å². The van der Waals surface area contributed by atoms with E-state index in [1.54, 1.807) is 19.2 Å². The summed E-state index contributed by atoms with van der Waals surface area (Å²) in [4.78, 5) is 31.3. The zero-order valence-electron chi connectivity index (χ0n) is 24.4. The molecule has 1 aliphatic rings. The summed E-state index contributed by atoms with van der Waals surface area (Å²) in [6.45, 7) is 6.42. The molecule has 1 heterocycles. The molecule has 0 fully saturated rings. The molecule has 6 nitrogen and oxygen atoms in total. The number of fused-ring (bicyclic) bond motifs is 2. The fourth-order valence-electron chi connectivity index (χ4n) is 5.33. The molecule has 1 aliphatic carbocycles. The highest BCUT2D eigenvalue weighted by Gasteiger charge is 2.35. The largest absolute Gasteiger partial charge is 0.497 e. The number of nitrogens with one attached hydrogen (secondary N) is 1. The highest BCUT2D eigenvalue weighted by molar-refractivity contribution is 6.07. The van der Waals surface area contributed by atoms with E-state index in [0.717, 1.165) is 40.1 Å². The Labute approximate surface area is 245 Å². The van der Waals surface area contributed by atoms with Gasteiger partial charge in [0.25, 0.3) is 5.91 Å². The zero-order chi connectivity index (χ0) is 29.9. The Morgan fingerprint density at radius 3 is 2.40 bits per heavy atom. The third kappa shape index (κ3) is 6.51. The van der Waals surface area contributed by atoms with Crippen molar-refractivity contribution < 1.29 is 23.5 Å². The summed E-state index contributed by atoms with van der Waals surface area (Å²) in [5, 5.41) is 3.43. The van der Waals surface area contributed by atoms with Crippen LogP contribution in [0.25, 0.3) is 22.6 Å². The van der Waals surface area contributed by atoms with Gasteiger partial charge in [0.05, 0.1) is 23.9 Å². The van der Waals surface area contributed by atoms with Crippen LogP contribution in [0.2, 0.25) is 0 Å². The van der Waals surface area contributed by atoms with Crippen LogP contribution in [0, 0.1) is 17.2 Å². The maximum Gasteiger partial charge on any atom is 0.339 e. The Bertz CT molecular complexity index is 1640. The zero-order valence-corrected chi connectivity index (χ0v) is 24.4. The van der Waals surface area contributed by atoms with Gasteiger partial charge in [-0.1, -0.05) is 63.2 Å². The summed E-state index contributed by atoms with van der Waals surface area (Å²) in [5.74, 6) is -0.303. The van der Waals surface area contributed by atoms with Crippen LogP contribution in [-0.4, -0.2) is 30.6 Å². The summed E-state index contributed by atoms with van der Waals surface area (Å²) in [6, 6.07) is 21.3. The van der Waals surface area contributed by atoms with Gasteiger partial charge in [-0.2, -0.15) is 0 Å².